The lowest BCUT2D eigenvalue weighted by atomic mass is 9.83. The van der Waals surface area contributed by atoms with Gasteiger partial charge in [0.15, 0.2) is 0 Å². The fourth-order valence-corrected chi connectivity index (χ4v) is 5.82. The Bertz CT molecular complexity index is 1650. The lowest BCUT2D eigenvalue weighted by Crippen LogP contribution is -2.29. The van der Waals surface area contributed by atoms with Crippen molar-refractivity contribution in [3.63, 3.8) is 0 Å². The highest BCUT2D eigenvalue weighted by Gasteiger charge is 2.37. The first-order valence-corrected chi connectivity index (χ1v) is 14.2. The van der Waals surface area contributed by atoms with E-state index in [0.29, 0.717) is 66.5 Å². The Labute approximate surface area is 244 Å². The highest BCUT2D eigenvalue weighted by Crippen LogP contribution is 2.47. The number of esters is 2. The minimum atomic E-state index is -0.722. The number of aromatic nitrogens is 1. The maximum atomic E-state index is 13.7. The number of pyridine rings is 1. The number of carbonyl (C=O) groups excluding carboxylic acids is 3. The van der Waals surface area contributed by atoms with Crippen LogP contribution in [0.25, 0.3) is 17.0 Å². The van der Waals surface area contributed by atoms with Gasteiger partial charge in [-0.2, -0.15) is 0 Å². The number of benzene rings is 2. The van der Waals surface area contributed by atoms with Crippen LogP contribution in [0, 0.1) is 0 Å². The van der Waals surface area contributed by atoms with Crippen LogP contribution in [0.5, 0.6) is 17.2 Å². The van der Waals surface area contributed by atoms with Crippen molar-refractivity contribution in [1.82, 2.24) is 4.57 Å². The molecule has 0 N–H and O–H groups in total. The molecule has 0 spiro atoms. The third kappa shape index (κ3) is 5.68. The van der Waals surface area contributed by atoms with Crippen LogP contribution in [-0.2, 0) is 21.4 Å². The number of ketones is 1. The molecule has 42 heavy (non-hydrogen) atoms. The van der Waals surface area contributed by atoms with Gasteiger partial charge in [-0.1, -0.05) is 12.2 Å². The molecule has 0 amide bonds. The average Bonchev–Trinajstić information content (AvgIpc) is 2.96. The molecule has 2 aliphatic rings. The standard InChI is InChI=1S/C33H35NO8/c1-19-9-8-12-22(35)11-7-5-6-10-21-16-27-30(31(40-4)29(21)33(38)41-19)24(18-28(36)42-27)25-15-20-13-14-23(39-3)17-26(20)34(2)32(25)37/h6,10,13-17,19,24H,5,7-9,11-12,18H2,1-4H3/t19-,24+/m1/s1. The molecule has 0 fully saturated rings. The zero-order chi connectivity index (χ0) is 30.0. The van der Waals surface area contributed by atoms with E-state index in [1.54, 1.807) is 45.4 Å². The largest absolute Gasteiger partial charge is 0.497 e. The molecule has 0 unspecified atom stereocenters. The van der Waals surface area contributed by atoms with Gasteiger partial charge in [0.1, 0.15) is 28.6 Å². The zero-order valence-electron chi connectivity index (χ0n) is 24.4. The second-order valence-corrected chi connectivity index (χ2v) is 10.8. The molecule has 2 atom stereocenters. The SMILES string of the molecule is COc1ccc2cc([C@@H]3CC(=O)Oc4cc5c(c(OC)c43)C(=O)O[C@H](C)CCCC(=O)CCCC=C5)c(=O)n(C)c2c1. The van der Waals surface area contributed by atoms with Gasteiger partial charge in [0.05, 0.1) is 32.3 Å². The Kier molecular flexibility index (Phi) is 8.47. The van der Waals surface area contributed by atoms with E-state index in [1.165, 1.54) is 11.7 Å². The zero-order valence-corrected chi connectivity index (χ0v) is 24.4. The second kappa shape index (κ2) is 12.2. The van der Waals surface area contributed by atoms with Gasteiger partial charge in [0.25, 0.3) is 5.56 Å². The van der Waals surface area contributed by atoms with Crippen LogP contribution >= 0.6 is 0 Å². The van der Waals surface area contributed by atoms with E-state index in [1.807, 2.05) is 18.2 Å². The van der Waals surface area contributed by atoms with Gasteiger partial charge in [-0.3, -0.25) is 14.4 Å². The molecule has 3 aromatic rings. The summed E-state index contributed by atoms with van der Waals surface area (Å²) >= 11 is 0. The van der Waals surface area contributed by atoms with Crippen LogP contribution in [0.15, 0.2) is 41.2 Å². The van der Waals surface area contributed by atoms with Gasteiger partial charge in [-0.15, -0.1) is 0 Å². The van der Waals surface area contributed by atoms with E-state index >= 15 is 0 Å². The van der Waals surface area contributed by atoms with Crippen molar-refractivity contribution < 1.29 is 33.3 Å². The summed E-state index contributed by atoms with van der Waals surface area (Å²) in [6, 6.07) is 8.86. The third-order valence-electron chi connectivity index (χ3n) is 8.00. The van der Waals surface area contributed by atoms with Crippen molar-refractivity contribution in [3.05, 3.63) is 69.0 Å². The van der Waals surface area contributed by atoms with E-state index in [-0.39, 0.29) is 34.8 Å². The predicted octanol–water partition coefficient (Wildman–Crippen LogP) is 5.48. The summed E-state index contributed by atoms with van der Waals surface area (Å²) in [5.74, 6) is -0.544. The molecule has 0 bridgehead atoms. The summed E-state index contributed by atoms with van der Waals surface area (Å²) in [4.78, 5) is 52.5. The number of ether oxygens (including phenoxy) is 4. The molecule has 0 saturated carbocycles. The van der Waals surface area contributed by atoms with Crippen LogP contribution in [0.3, 0.4) is 0 Å². The van der Waals surface area contributed by atoms with Crippen molar-refractivity contribution in [3.8, 4) is 17.2 Å². The number of aryl methyl sites for hydroxylation is 1. The summed E-state index contributed by atoms with van der Waals surface area (Å²) in [5.41, 5.74) is 1.91. The Balaban J connectivity index is 1.69. The monoisotopic (exact) mass is 573 g/mol. The first kappa shape index (κ1) is 29.1. The van der Waals surface area contributed by atoms with Crippen molar-refractivity contribution in [2.24, 2.45) is 7.05 Å². The summed E-state index contributed by atoms with van der Waals surface area (Å²) in [6.07, 6.45) is 6.58. The number of Topliss-reactive ketones (excluding diaryl/α,β-unsaturated/α-hetero) is 1. The van der Waals surface area contributed by atoms with Crippen LogP contribution < -0.4 is 19.8 Å². The molecule has 1 aromatic heterocycles. The molecule has 9 heteroatoms. The first-order chi connectivity index (χ1) is 20.2. The minimum absolute atomic E-state index is 0.103. The smallest absolute Gasteiger partial charge is 0.342 e. The fraction of sp³-hybridized carbons (Fsp3) is 0.394. The lowest BCUT2D eigenvalue weighted by Gasteiger charge is -2.29. The Hall–Kier alpha value is -4.40. The van der Waals surface area contributed by atoms with E-state index in [9.17, 15) is 19.2 Å². The van der Waals surface area contributed by atoms with Crippen molar-refractivity contribution >= 4 is 34.7 Å². The number of hydrogen-bond donors (Lipinski definition) is 0. The molecular formula is C33H35NO8. The normalized spacial score (nSPS) is 19.8. The highest BCUT2D eigenvalue weighted by atomic mass is 16.5. The molecule has 3 heterocycles. The summed E-state index contributed by atoms with van der Waals surface area (Å²) in [5, 5.41) is 0.792. The fourth-order valence-electron chi connectivity index (χ4n) is 5.82. The molecule has 2 aromatic carbocycles. The number of hydrogen-bond acceptors (Lipinski definition) is 8. The number of cyclic esters (lactones) is 1. The first-order valence-electron chi connectivity index (χ1n) is 14.2. The van der Waals surface area contributed by atoms with Gasteiger partial charge in [-0.05, 0) is 67.8 Å². The van der Waals surface area contributed by atoms with Crippen LogP contribution in [0.1, 0.15) is 84.8 Å². The van der Waals surface area contributed by atoms with E-state index in [0.717, 1.165) is 5.39 Å². The van der Waals surface area contributed by atoms with Gasteiger partial charge < -0.3 is 23.5 Å². The molecule has 2 aliphatic heterocycles. The quantitative estimate of drug-likeness (QED) is 0.299. The molecular weight excluding hydrogens is 538 g/mol. The van der Waals surface area contributed by atoms with Gasteiger partial charge in [0, 0.05) is 43.0 Å². The van der Waals surface area contributed by atoms with E-state index in [2.05, 4.69) is 0 Å². The summed E-state index contributed by atoms with van der Waals surface area (Å²) in [7, 11) is 4.69. The van der Waals surface area contributed by atoms with Gasteiger partial charge in [-0.25, -0.2) is 4.79 Å². The molecule has 0 aliphatic carbocycles. The van der Waals surface area contributed by atoms with Crippen LogP contribution in [0.4, 0.5) is 0 Å². The van der Waals surface area contributed by atoms with E-state index in [4.69, 9.17) is 18.9 Å². The number of nitrogens with zero attached hydrogens (tertiary/aromatic N) is 1. The average molecular weight is 574 g/mol. The maximum Gasteiger partial charge on any atom is 0.342 e. The van der Waals surface area contributed by atoms with Crippen molar-refractivity contribution in [2.45, 2.75) is 63.9 Å². The Morgan fingerprint density at radius 3 is 2.52 bits per heavy atom. The third-order valence-corrected chi connectivity index (χ3v) is 8.00. The number of rotatable bonds is 3. The highest BCUT2D eigenvalue weighted by molar-refractivity contribution is 5.99. The molecule has 0 saturated heterocycles. The number of fused-ring (bicyclic) bond motifs is 3. The van der Waals surface area contributed by atoms with Crippen molar-refractivity contribution in [2.75, 3.05) is 14.2 Å². The van der Waals surface area contributed by atoms with Gasteiger partial charge in [0.2, 0.25) is 0 Å². The lowest BCUT2D eigenvalue weighted by molar-refractivity contribution is -0.135. The Morgan fingerprint density at radius 2 is 1.76 bits per heavy atom. The maximum absolute atomic E-state index is 13.7. The second-order valence-electron chi connectivity index (χ2n) is 10.8. The molecule has 220 valence electrons. The van der Waals surface area contributed by atoms with Crippen LogP contribution in [0.2, 0.25) is 0 Å². The number of allylic oxidation sites excluding steroid dienone is 1. The van der Waals surface area contributed by atoms with Crippen molar-refractivity contribution in [1.29, 1.82) is 0 Å². The molecule has 0 radical (unpaired) electrons. The summed E-state index contributed by atoms with van der Waals surface area (Å²) < 4.78 is 24.3. The van der Waals surface area contributed by atoms with Crippen LogP contribution in [-0.4, -0.2) is 42.6 Å². The number of carbonyl (C=O) groups is 3. The number of methoxy groups -OCH3 is 2. The molecule has 9 nitrogen and oxygen atoms in total. The van der Waals surface area contributed by atoms with Gasteiger partial charge >= 0.3 is 11.9 Å². The Morgan fingerprint density at radius 1 is 0.976 bits per heavy atom. The van der Waals surface area contributed by atoms with E-state index < -0.39 is 24.0 Å². The summed E-state index contributed by atoms with van der Waals surface area (Å²) in [6.45, 7) is 1.80. The molecule has 5 rings (SSSR count). The topological polar surface area (TPSA) is 110 Å². The minimum Gasteiger partial charge on any atom is -0.497 e. The predicted molar refractivity (Wildman–Crippen MR) is 157 cm³/mol.